The second-order valence-electron chi connectivity index (χ2n) is 6.73. The van der Waals surface area contributed by atoms with Crippen LogP contribution in [0.4, 0.5) is 0 Å². The summed E-state index contributed by atoms with van der Waals surface area (Å²) in [7, 11) is -4.22. The monoisotopic (exact) mass is 436 g/mol. The Bertz CT molecular complexity index is 1020. The normalized spacial score (nSPS) is 15.2. The van der Waals surface area contributed by atoms with Crippen LogP contribution in [0, 0.1) is 24.0 Å². The van der Waals surface area contributed by atoms with Crippen LogP contribution in [-0.2, 0) is 16.7 Å². The SMILES string of the molecule is Cc1ccc(CN2CCCNC2=C[N+](=O)[O-])cn1.Cc1ccc(O)cc1S(=O)(=O)O. The smallest absolute Gasteiger partial charge is 0.294 e. The number of nitrogens with one attached hydrogen (secondary N) is 1. The predicted molar refractivity (Wildman–Crippen MR) is 110 cm³/mol. The van der Waals surface area contributed by atoms with Gasteiger partial charge in [0.05, 0.1) is 4.92 Å². The Morgan fingerprint density at radius 3 is 2.60 bits per heavy atom. The number of nitrogens with zero attached hydrogens (tertiary/aromatic N) is 3. The molecule has 0 aliphatic carbocycles. The summed E-state index contributed by atoms with van der Waals surface area (Å²) in [4.78, 5) is 16.1. The Labute approximate surface area is 174 Å². The van der Waals surface area contributed by atoms with E-state index in [2.05, 4.69) is 10.3 Å². The Morgan fingerprint density at radius 1 is 1.30 bits per heavy atom. The first-order chi connectivity index (χ1) is 14.1. The molecule has 0 bridgehead atoms. The van der Waals surface area contributed by atoms with E-state index in [1.54, 1.807) is 0 Å². The van der Waals surface area contributed by atoms with Crippen LogP contribution in [0.15, 0.2) is 53.4 Å². The highest BCUT2D eigenvalue weighted by atomic mass is 32.2. The predicted octanol–water partition coefficient (Wildman–Crippen LogP) is 2.21. The molecule has 0 unspecified atom stereocenters. The molecule has 1 aliphatic heterocycles. The number of benzene rings is 1. The number of aromatic nitrogens is 1. The van der Waals surface area contributed by atoms with E-state index in [9.17, 15) is 18.5 Å². The number of nitro groups is 1. The summed E-state index contributed by atoms with van der Waals surface area (Å²) in [6.07, 6.45) is 3.82. The number of aryl methyl sites for hydroxylation is 2. The fraction of sp³-hybridized carbons (Fsp3) is 0.316. The minimum Gasteiger partial charge on any atom is -0.508 e. The molecule has 1 saturated heterocycles. The molecule has 0 spiro atoms. The van der Waals surface area contributed by atoms with Gasteiger partial charge in [0.2, 0.25) is 0 Å². The van der Waals surface area contributed by atoms with E-state index in [1.165, 1.54) is 19.1 Å². The van der Waals surface area contributed by atoms with Gasteiger partial charge in [-0.1, -0.05) is 12.1 Å². The molecule has 0 saturated carbocycles. The van der Waals surface area contributed by atoms with Gasteiger partial charge in [-0.15, -0.1) is 0 Å². The summed E-state index contributed by atoms with van der Waals surface area (Å²) in [5, 5.41) is 22.5. The third-order valence-corrected chi connectivity index (χ3v) is 5.27. The number of pyridine rings is 1. The van der Waals surface area contributed by atoms with Crippen molar-refractivity contribution >= 4 is 10.1 Å². The van der Waals surface area contributed by atoms with Crippen molar-refractivity contribution < 1.29 is 23.0 Å². The Kier molecular flexibility index (Phi) is 7.72. The first kappa shape index (κ1) is 23.1. The summed E-state index contributed by atoms with van der Waals surface area (Å²) in [6, 6.07) is 7.72. The summed E-state index contributed by atoms with van der Waals surface area (Å²) in [5.74, 6) is 0.389. The maximum atomic E-state index is 10.7. The van der Waals surface area contributed by atoms with Gasteiger partial charge in [0, 0.05) is 37.6 Å². The number of hydrogen-bond acceptors (Lipinski definition) is 8. The van der Waals surface area contributed by atoms with Gasteiger partial charge in [-0.2, -0.15) is 8.42 Å². The van der Waals surface area contributed by atoms with Crippen LogP contribution in [-0.4, -0.2) is 46.0 Å². The van der Waals surface area contributed by atoms with Gasteiger partial charge in [0.1, 0.15) is 10.6 Å². The second-order valence-corrected chi connectivity index (χ2v) is 8.12. The lowest BCUT2D eigenvalue weighted by atomic mass is 10.2. The average Bonchev–Trinajstić information content (AvgIpc) is 2.66. The summed E-state index contributed by atoms with van der Waals surface area (Å²) in [5.41, 5.74) is 2.42. The molecule has 2 aromatic rings. The van der Waals surface area contributed by atoms with E-state index >= 15 is 0 Å². The zero-order valence-corrected chi connectivity index (χ0v) is 17.5. The topological polar surface area (TPSA) is 146 Å². The second kappa shape index (κ2) is 10.0. The van der Waals surface area contributed by atoms with Crippen molar-refractivity contribution in [2.45, 2.75) is 31.7 Å². The first-order valence-electron chi connectivity index (χ1n) is 9.09. The molecule has 2 heterocycles. The van der Waals surface area contributed by atoms with Gasteiger partial charge in [-0.05, 0) is 43.5 Å². The van der Waals surface area contributed by atoms with Crippen molar-refractivity contribution in [2.24, 2.45) is 0 Å². The van der Waals surface area contributed by atoms with Crippen LogP contribution < -0.4 is 5.32 Å². The molecular weight excluding hydrogens is 412 g/mol. The van der Waals surface area contributed by atoms with E-state index < -0.39 is 15.0 Å². The molecule has 3 rings (SSSR count). The molecule has 30 heavy (non-hydrogen) atoms. The fourth-order valence-electron chi connectivity index (χ4n) is 2.79. The Morgan fingerprint density at radius 2 is 2.03 bits per heavy atom. The van der Waals surface area contributed by atoms with E-state index in [1.807, 2.05) is 30.2 Å². The molecule has 0 atom stereocenters. The number of aromatic hydroxyl groups is 1. The number of rotatable bonds is 4. The maximum absolute atomic E-state index is 10.7. The zero-order valence-electron chi connectivity index (χ0n) is 16.6. The largest absolute Gasteiger partial charge is 0.508 e. The van der Waals surface area contributed by atoms with Gasteiger partial charge in [-0.3, -0.25) is 19.7 Å². The van der Waals surface area contributed by atoms with Crippen LogP contribution in [0.5, 0.6) is 5.75 Å². The maximum Gasteiger partial charge on any atom is 0.294 e. The van der Waals surface area contributed by atoms with Crippen molar-refractivity contribution in [3.63, 3.8) is 0 Å². The molecule has 162 valence electrons. The molecule has 0 radical (unpaired) electrons. The van der Waals surface area contributed by atoms with E-state index in [0.29, 0.717) is 17.9 Å². The number of hydrogen-bond donors (Lipinski definition) is 3. The van der Waals surface area contributed by atoms with Gasteiger partial charge < -0.3 is 15.3 Å². The summed E-state index contributed by atoms with van der Waals surface area (Å²) < 4.78 is 30.0. The highest BCUT2D eigenvalue weighted by molar-refractivity contribution is 7.85. The Balaban J connectivity index is 0.000000232. The Hall–Kier alpha value is -3.18. The van der Waals surface area contributed by atoms with E-state index in [-0.39, 0.29) is 10.6 Å². The van der Waals surface area contributed by atoms with Crippen molar-refractivity contribution in [1.82, 2.24) is 15.2 Å². The van der Waals surface area contributed by atoms with Gasteiger partial charge in [0.25, 0.3) is 16.3 Å². The van der Waals surface area contributed by atoms with Gasteiger partial charge in [-0.25, -0.2) is 0 Å². The van der Waals surface area contributed by atoms with E-state index in [4.69, 9.17) is 9.66 Å². The lowest BCUT2D eigenvalue weighted by Gasteiger charge is -2.30. The third kappa shape index (κ3) is 7.01. The van der Waals surface area contributed by atoms with Crippen LogP contribution >= 0.6 is 0 Å². The summed E-state index contributed by atoms with van der Waals surface area (Å²) in [6.45, 7) is 5.70. The number of phenols is 1. The molecule has 3 N–H and O–H groups in total. The van der Waals surface area contributed by atoms with E-state index in [0.717, 1.165) is 43.0 Å². The van der Waals surface area contributed by atoms with Crippen LogP contribution in [0.1, 0.15) is 23.2 Å². The van der Waals surface area contributed by atoms with Gasteiger partial charge in [0.15, 0.2) is 5.82 Å². The van der Waals surface area contributed by atoms with Crippen molar-refractivity contribution in [3.05, 3.63) is 75.5 Å². The zero-order chi connectivity index (χ0) is 22.3. The molecular formula is C19H24N4O6S. The minimum absolute atomic E-state index is 0.187. The molecule has 1 fully saturated rings. The van der Waals surface area contributed by atoms with Crippen LogP contribution in [0.2, 0.25) is 0 Å². The quantitative estimate of drug-likeness (QED) is 0.373. The number of phenolic OH excluding ortho intramolecular Hbond substituents is 1. The van der Waals surface area contributed by atoms with Crippen LogP contribution in [0.3, 0.4) is 0 Å². The third-order valence-electron chi connectivity index (χ3n) is 4.27. The lowest BCUT2D eigenvalue weighted by Crippen LogP contribution is -2.39. The molecule has 0 amide bonds. The standard InChI is InChI=1S/C12H16N4O2.C7H8O4S/c1-10-3-4-11(7-14-10)8-15-6-2-5-13-12(15)9-16(17)18;1-5-2-3-6(8)4-7(5)12(9,10)11/h3-4,7,9,13H,2,5-6,8H2,1H3;2-4,8H,1H3,(H,9,10,11). The molecule has 1 aromatic carbocycles. The van der Waals surface area contributed by atoms with Crippen molar-refractivity contribution in [1.29, 1.82) is 0 Å². The molecule has 1 aliphatic rings. The van der Waals surface area contributed by atoms with Crippen molar-refractivity contribution in [3.8, 4) is 5.75 Å². The molecule has 11 heteroatoms. The minimum atomic E-state index is -4.22. The van der Waals surface area contributed by atoms with Crippen LogP contribution in [0.25, 0.3) is 0 Å². The first-order valence-corrected chi connectivity index (χ1v) is 10.5. The van der Waals surface area contributed by atoms with Crippen molar-refractivity contribution in [2.75, 3.05) is 13.1 Å². The van der Waals surface area contributed by atoms with Gasteiger partial charge >= 0.3 is 0 Å². The highest BCUT2D eigenvalue weighted by Gasteiger charge is 2.17. The average molecular weight is 436 g/mol. The molecule has 10 nitrogen and oxygen atoms in total. The summed E-state index contributed by atoms with van der Waals surface area (Å²) >= 11 is 0. The fourth-order valence-corrected chi connectivity index (χ4v) is 3.53. The lowest BCUT2D eigenvalue weighted by molar-refractivity contribution is -0.405. The highest BCUT2D eigenvalue weighted by Crippen LogP contribution is 2.20. The molecule has 1 aromatic heterocycles.